The summed E-state index contributed by atoms with van der Waals surface area (Å²) in [4.78, 5) is 0.193. The number of hydrogen-bond acceptors (Lipinski definition) is 4. The van der Waals surface area contributed by atoms with Crippen LogP contribution in [0, 0.1) is 13.8 Å². The Hall–Kier alpha value is -2.47. The SMILES string of the molecule is Cc1ccc(-c2cn(S(=O)(=O)c3ccc(C)cc3)nn2)cc1. The Morgan fingerprint density at radius 3 is 2.00 bits per heavy atom. The Balaban J connectivity index is 1.99. The average molecular weight is 313 g/mol. The van der Waals surface area contributed by atoms with Gasteiger partial charge in [-0.25, -0.2) is 0 Å². The van der Waals surface area contributed by atoms with Crippen molar-refractivity contribution in [3.05, 3.63) is 65.9 Å². The summed E-state index contributed by atoms with van der Waals surface area (Å²) >= 11 is 0. The molecule has 0 fully saturated rings. The van der Waals surface area contributed by atoms with Crippen LogP contribution < -0.4 is 0 Å². The molecule has 112 valence electrons. The molecule has 0 N–H and O–H groups in total. The molecule has 0 spiro atoms. The van der Waals surface area contributed by atoms with Crippen molar-refractivity contribution in [2.45, 2.75) is 18.7 Å². The van der Waals surface area contributed by atoms with Crippen molar-refractivity contribution in [2.24, 2.45) is 0 Å². The lowest BCUT2D eigenvalue weighted by Gasteiger charge is -2.03. The Kier molecular flexibility index (Phi) is 3.54. The van der Waals surface area contributed by atoms with E-state index in [0.29, 0.717) is 5.69 Å². The van der Waals surface area contributed by atoms with Gasteiger partial charge in [0.15, 0.2) is 0 Å². The van der Waals surface area contributed by atoms with Crippen molar-refractivity contribution < 1.29 is 8.42 Å². The summed E-state index contributed by atoms with van der Waals surface area (Å²) in [6.07, 6.45) is 1.43. The minimum Gasteiger partial charge on any atom is -0.199 e. The van der Waals surface area contributed by atoms with E-state index < -0.39 is 10.0 Å². The minimum atomic E-state index is -3.71. The van der Waals surface area contributed by atoms with E-state index in [1.165, 1.54) is 6.20 Å². The lowest BCUT2D eigenvalue weighted by molar-refractivity contribution is 0.577. The van der Waals surface area contributed by atoms with Crippen LogP contribution in [0.5, 0.6) is 0 Å². The first-order valence-corrected chi connectivity index (χ1v) is 8.22. The summed E-state index contributed by atoms with van der Waals surface area (Å²) in [5.74, 6) is 0. The minimum absolute atomic E-state index is 0.193. The van der Waals surface area contributed by atoms with Crippen LogP contribution in [0.15, 0.2) is 59.6 Å². The second-order valence-electron chi connectivity index (χ2n) is 5.16. The second kappa shape index (κ2) is 5.38. The Morgan fingerprint density at radius 2 is 1.41 bits per heavy atom. The number of hydrogen-bond donors (Lipinski definition) is 0. The van der Waals surface area contributed by atoms with E-state index in [2.05, 4.69) is 10.3 Å². The van der Waals surface area contributed by atoms with E-state index in [1.807, 2.05) is 38.1 Å². The van der Waals surface area contributed by atoms with Gasteiger partial charge < -0.3 is 0 Å². The van der Waals surface area contributed by atoms with Gasteiger partial charge in [0, 0.05) is 5.56 Å². The lowest BCUT2D eigenvalue weighted by Crippen LogP contribution is -2.13. The normalized spacial score (nSPS) is 11.5. The first-order chi connectivity index (χ1) is 10.5. The smallest absolute Gasteiger partial charge is 0.199 e. The van der Waals surface area contributed by atoms with Crippen LogP contribution >= 0.6 is 0 Å². The van der Waals surface area contributed by atoms with E-state index in [0.717, 1.165) is 20.8 Å². The fourth-order valence-corrected chi connectivity index (χ4v) is 3.11. The summed E-state index contributed by atoms with van der Waals surface area (Å²) in [7, 11) is -3.71. The van der Waals surface area contributed by atoms with Gasteiger partial charge in [-0.1, -0.05) is 52.7 Å². The topological polar surface area (TPSA) is 64.8 Å². The number of aromatic nitrogens is 3. The predicted octanol–water partition coefficient (Wildman–Crippen LogP) is 2.80. The molecule has 6 heteroatoms. The Bertz CT molecular complexity index is 895. The highest BCUT2D eigenvalue weighted by molar-refractivity contribution is 7.89. The van der Waals surface area contributed by atoms with Crippen molar-refractivity contribution in [1.29, 1.82) is 0 Å². The third-order valence-corrected chi connectivity index (χ3v) is 4.92. The molecular formula is C16H15N3O2S. The van der Waals surface area contributed by atoms with E-state index in [4.69, 9.17) is 0 Å². The van der Waals surface area contributed by atoms with Gasteiger partial charge in [-0.15, -0.1) is 9.19 Å². The highest BCUT2D eigenvalue weighted by atomic mass is 32.2. The zero-order valence-corrected chi connectivity index (χ0v) is 13.1. The van der Waals surface area contributed by atoms with Gasteiger partial charge in [-0.05, 0) is 26.0 Å². The molecule has 2 aromatic carbocycles. The molecule has 0 radical (unpaired) electrons. The molecule has 1 heterocycles. The van der Waals surface area contributed by atoms with Gasteiger partial charge in [0.25, 0.3) is 10.0 Å². The highest BCUT2D eigenvalue weighted by Crippen LogP contribution is 2.19. The molecule has 0 saturated heterocycles. The molecule has 0 aliphatic rings. The summed E-state index contributed by atoms with van der Waals surface area (Å²) in [5, 5.41) is 7.72. The molecule has 0 unspecified atom stereocenters. The third-order valence-electron chi connectivity index (χ3n) is 3.39. The van der Waals surface area contributed by atoms with Crippen LogP contribution in [0.3, 0.4) is 0 Å². The summed E-state index contributed by atoms with van der Waals surface area (Å²) in [6, 6.07) is 14.3. The summed E-state index contributed by atoms with van der Waals surface area (Å²) in [6.45, 7) is 3.89. The average Bonchev–Trinajstić information content (AvgIpc) is 2.99. The zero-order valence-electron chi connectivity index (χ0n) is 12.3. The van der Waals surface area contributed by atoms with E-state index >= 15 is 0 Å². The van der Waals surface area contributed by atoms with Crippen LogP contribution in [0.25, 0.3) is 11.3 Å². The molecule has 0 amide bonds. The lowest BCUT2D eigenvalue weighted by atomic mass is 10.1. The van der Waals surface area contributed by atoms with Gasteiger partial charge in [-0.2, -0.15) is 8.42 Å². The molecule has 0 aliphatic carbocycles. The molecule has 0 atom stereocenters. The van der Waals surface area contributed by atoms with Crippen molar-refractivity contribution in [3.63, 3.8) is 0 Å². The molecule has 0 bridgehead atoms. The van der Waals surface area contributed by atoms with Gasteiger partial charge >= 0.3 is 0 Å². The second-order valence-corrected chi connectivity index (χ2v) is 6.96. The van der Waals surface area contributed by atoms with Gasteiger partial charge in [0.2, 0.25) is 0 Å². The summed E-state index contributed by atoms with van der Waals surface area (Å²) < 4.78 is 25.9. The molecule has 22 heavy (non-hydrogen) atoms. The summed E-state index contributed by atoms with van der Waals surface area (Å²) in [5.41, 5.74) is 3.48. The maximum absolute atomic E-state index is 12.5. The number of nitrogens with zero attached hydrogens (tertiary/aromatic N) is 3. The molecule has 3 aromatic rings. The van der Waals surface area contributed by atoms with Gasteiger partial charge in [-0.3, -0.25) is 0 Å². The monoisotopic (exact) mass is 313 g/mol. The fraction of sp³-hybridized carbons (Fsp3) is 0.125. The molecular weight excluding hydrogens is 298 g/mol. The number of aryl methyl sites for hydroxylation is 2. The molecule has 5 nitrogen and oxygen atoms in total. The molecule has 0 saturated carbocycles. The van der Waals surface area contributed by atoms with E-state index in [1.54, 1.807) is 24.3 Å². The van der Waals surface area contributed by atoms with Crippen molar-refractivity contribution in [2.75, 3.05) is 0 Å². The first kappa shape index (κ1) is 14.5. The van der Waals surface area contributed by atoms with Crippen molar-refractivity contribution in [3.8, 4) is 11.3 Å². The van der Waals surface area contributed by atoms with Crippen LogP contribution in [-0.4, -0.2) is 22.8 Å². The van der Waals surface area contributed by atoms with E-state index in [9.17, 15) is 8.42 Å². The molecule has 1 aromatic heterocycles. The Morgan fingerprint density at radius 1 is 0.864 bits per heavy atom. The van der Waals surface area contributed by atoms with Gasteiger partial charge in [0.05, 0.1) is 11.1 Å². The molecule has 3 rings (SSSR count). The quantitative estimate of drug-likeness (QED) is 0.746. The number of benzene rings is 2. The van der Waals surface area contributed by atoms with Crippen LogP contribution in [-0.2, 0) is 10.0 Å². The fourth-order valence-electron chi connectivity index (χ4n) is 2.04. The first-order valence-electron chi connectivity index (χ1n) is 6.78. The van der Waals surface area contributed by atoms with Crippen LogP contribution in [0.4, 0.5) is 0 Å². The van der Waals surface area contributed by atoms with Crippen molar-refractivity contribution in [1.82, 2.24) is 14.4 Å². The van der Waals surface area contributed by atoms with Crippen LogP contribution in [0.2, 0.25) is 0 Å². The van der Waals surface area contributed by atoms with E-state index in [-0.39, 0.29) is 4.90 Å². The van der Waals surface area contributed by atoms with Crippen molar-refractivity contribution >= 4 is 10.0 Å². The third kappa shape index (κ3) is 2.65. The maximum Gasteiger partial charge on any atom is 0.284 e. The Labute approximate surface area is 129 Å². The molecule has 0 aliphatic heterocycles. The predicted molar refractivity (Wildman–Crippen MR) is 84.0 cm³/mol. The number of rotatable bonds is 3. The standard InChI is InChI=1S/C16H15N3O2S/c1-12-3-7-14(8-4-12)16-11-19(18-17-16)22(20,21)15-9-5-13(2)6-10-15/h3-11H,1-2H3. The van der Waals surface area contributed by atoms with Crippen LogP contribution in [0.1, 0.15) is 11.1 Å². The maximum atomic E-state index is 12.5. The van der Waals surface area contributed by atoms with Gasteiger partial charge in [0.1, 0.15) is 5.69 Å². The highest BCUT2D eigenvalue weighted by Gasteiger charge is 2.19. The zero-order chi connectivity index (χ0) is 15.7. The largest absolute Gasteiger partial charge is 0.284 e.